The molecule has 0 aliphatic heterocycles. The highest BCUT2D eigenvalue weighted by molar-refractivity contribution is 5.77. The Kier molecular flexibility index (Phi) is 3.35. The van der Waals surface area contributed by atoms with E-state index in [4.69, 9.17) is 0 Å². The Balaban J connectivity index is 1.92. The monoisotopic (exact) mass is 264 g/mol. The van der Waals surface area contributed by atoms with E-state index in [-0.39, 0.29) is 0 Å². The van der Waals surface area contributed by atoms with E-state index in [2.05, 4.69) is 38.2 Å². The Morgan fingerprint density at radius 1 is 1.05 bits per heavy atom. The van der Waals surface area contributed by atoms with Gasteiger partial charge in [0.15, 0.2) is 0 Å². The molecule has 3 rings (SSSR count). The molecule has 2 aliphatic carbocycles. The van der Waals surface area contributed by atoms with Crippen LogP contribution in [0, 0.1) is 5.92 Å². The van der Waals surface area contributed by atoms with Crippen LogP contribution in [-0.2, 0) is 0 Å². The largest absolute Gasteiger partial charge is 0.508 e. The van der Waals surface area contributed by atoms with Gasteiger partial charge < -0.3 is 5.11 Å². The SMILES string of the molecule is CC(C)C1=C(C2=CC=CC2)CC(c2ccc(O)cc2)=C1. The molecular formula is C19H20O. The van der Waals surface area contributed by atoms with Gasteiger partial charge in [-0.3, -0.25) is 0 Å². The summed E-state index contributed by atoms with van der Waals surface area (Å²) in [6, 6.07) is 7.53. The zero-order valence-corrected chi connectivity index (χ0v) is 12.1. The Labute approximate surface area is 120 Å². The lowest BCUT2D eigenvalue weighted by Gasteiger charge is -2.11. The molecule has 20 heavy (non-hydrogen) atoms. The molecular weight excluding hydrogens is 244 g/mol. The smallest absolute Gasteiger partial charge is 0.115 e. The minimum atomic E-state index is 0.326. The number of hydrogen-bond acceptors (Lipinski definition) is 1. The lowest BCUT2D eigenvalue weighted by atomic mass is 9.93. The van der Waals surface area contributed by atoms with Crippen LogP contribution in [0.15, 0.2) is 65.3 Å². The topological polar surface area (TPSA) is 20.2 Å². The maximum atomic E-state index is 9.42. The van der Waals surface area contributed by atoms with E-state index in [1.807, 2.05) is 12.1 Å². The molecule has 0 atom stereocenters. The first-order valence-electron chi connectivity index (χ1n) is 7.24. The molecule has 0 spiro atoms. The summed E-state index contributed by atoms with van der Waals surface area (Å²) in [5.74, 6) is 0.869. The van der Waals surface area contributed by atoms with Crippen molar-refractivity contribution in [3.8, 4) is 5.75 Å². The van der Waals surface area contributed by atoms with Crippen LogP contribution in [0.3, 0.4) is 0 Å². The standard InChI is InChI=1S/C19H20O/c1-13(2)18-11-16(14-7-9-17(20)10-8-14)12-19(18)15-5-3-4-6-15/h3-5,7-11,13,20H,6,12H2,1-2H3. The van der Waals surface area contributed by atoms with Crippen LogP contribution < -0.4 is 0 Å². The fourth-order valence-electron chi connectivity index (χ4n) is 2.96. The fraction of sp³-hybridized carbons (Fsp3) is 0.263. The summed E-state index contributed by atoms with van der Waals surface area (Å²) in [6.07, 6.45) is 11.0. The number of hydrogen-bond donors (Lipinski definition) is 1. The van der Waals surface area contributed by atoms with Crippen LogP contribution in [0.5, 0.6) is 5.75 Å². The molecule has 1 heteroatoms. The minimum Gasteiger partial charge on any atom is -0.508 e. The van der Waals surface area contributed by atoms with Crippen molar-refractivity contribution in [3.05, 3.63) is 70.9 Å². The van der Waals surface area contributed by atoms with E-state index in [0.717, 1.165) is 12.8 Å². The van der Waals surface area contributed by atoms with Crippen molar-refractivity contribution in [1.29, 1.82) is 0 Å². The second-order valence-corrected chi connectivity index (χ2v) is 5.81. The normalized spacial score (nSPS) is 17.9. The first-order chi connectivity index (χ1) is 9.65. The molecule has 0 saturated heterocycles. The van der Waals surface area contributed by atoms with Crippen molar-refractivity contribution in [2.24, 2.45) is 5.92 Å². The Morgan fingerprint density at radius 2 is 1.80 bits per heavy atom. The van der Waals surface area contributed by atoms with Gasteiger partial charge in [0.1, 0.15) is 5.75 Å². The van der Waals surface area contributed by atoms with E-state index in [9.17, 15) is 5.11 Å². The molecule has 0 unspecified atom stereocenters. The number of phenolic OH excluding ortho intramolecular Hbond substituents is 1. The molecule has 0 saturated carbocycles. The van der Waals surface area contributed by atoms with Gasteiger partial charge in [-0.2, -0.15) is 0 Å². The fourth-order valence-corrected chi connectivity index (χ4v) is 2.96. The lowest BCUT2D eigenvalue weighted by Crippen LogP contribution is -1.95. The predicted octanol–water partition coefficient (Wildman–Crippen LogP) is 5.02. The van der Waals surface area contributed by atoms with Crippen molar-refractivity contribution in [3.63, 3.8) is 0 Å². The van der Waals surface area contributed by atoms with Gasteiger partial charge in [-0.05, 0) is 58.7 Å². The summed E-state index contributed by atoms with van der Waals surface area (Å²) < 4.78 is 0. The van der Waals surface area contributed by atoms with Crippen molar-refractivity contribution >= 4 is 5.57 Å². The Morgan fingerprint density at radius 3 is 2.40 bits per heavy atom. The summed E-state index contributed by atoms with van der Waals surface area (Å²) in [4.78, 5) is 0. The van der Waals surface area contributed by atoms with E-state index in [1.165, 1.54) is 27.9 Å². The number of allylic oxidation sites excluding steroid dienone is 8. The van der Waals surface area contributed by atoms with Gasteiger partial charge in [0.25, 0.3) is 0 Å². The number of rotatable bonds is 3. The van der Waals surface area contributed by atoms with Gasteiger partial charge in [-0.15, -0.1) is 0 Å². The molecule has 0 fully saturated rings. The zero-order chi connectivity index (χ0) is 14.1. The first-order valence-corrected chi connectivity index (χ1v) is 7.24. The van der Waals surface area contributed by atoms with Crippen LogP contribution >= 0.6 is 0 Å². The summed E-state index contributed by atoms with van der Waals surface area (Å²) in [7, 11) is 0. The zero-order valence-electron chi connectivity index (χ0n) is 12.1. The maximum Gasteiger partial charge on any atom is 0.115 e. The number of phenols is 1. The Hall–Kier alpha value is -2.02. The van der Waals surface area contributed by atoms with Crippen LogP contribution in [0.1, 0.15) is 32.3 Å². The van der Waals surface area contributed by atoms with Gasteiger partial charge in [-0.1, -0.05) is 50.3 Å². The average molecular weight is 264 g/mol. The van der Waals surface area contributed by atoms with Gasteiger partial charge in [0, 0.05) is 0 Å². The molecule has 0 aromatic heterocycles. The van der Waals surface area contributed by atoms with Gasteiger partial charge in [0.05, 0.1) is 0 Å². The van der Waals surface area contributed by atoms with Crippen molar-refractivity contribution in [2.45, 2.75) is 26.7 Å². The highest BCUT2D eigenvalue weighted by atomic mass is 16.3. The highest BCUT2D eigenvalue weighted by Gasteiger charge is 2.22. The predicted molar refractivity (Wildman–Crippen MR) is 84.4 cm³/mol. The summed E-state index contributed by atoms with van der Waals surface area (Å²) in [5.41, 5.74) is 6.98. The average Bonchev–Trinajstić information content (AvgIpc) is 3.08. The third kappa shape index (κ3) is 2.36. The third-order valence-corrected chi connectivity index (χ3v) is 4.06. The third-order valence-electron chi connectivity index (χ3n) is 4.06. The highest BCUT2D eigenvalue weighted by Crippen LogP contribution is 2.41. The van der Waals surface area contributed by atoms with Crippen molar-refractivity contribution in [2.75, 3.05) is 0 Å². The molecule has 1 N–H and O–H groups in total. The van der Waals surface area contributed by atoms with Crippen LogP contribution in [-0.4, -0.2) is 5.11 Å². The Bertz CT molecular complexity index is 637. The lowest BCUT2D eigenvalue weighted by molar-refractivity contribution is 0.475. The van der Waals surface area contributed by atoms with Gasteiger partial charge in [-0.25, -0.2) is 0 Å². The van der Waals surface area contributed by atoms with E-state index >= 15 is 0 Å². The molecule has 1 aromatic rings. The quantitative estimate of drug-likeness (QED) is 0.812. The van der Waals surface area contributed by atoms with Crippen molar-refractivity contribution in [1.82, 2.24) is 0 Å². The second-order valence-electron chi connectivity index (χ2n) is 5.81. The summed E-state index contributed by atoms with van der Waals surface area (Å²) in [6.45, 7) is 4.52. The molecule has 0 radical (unpaired) electrons. The number of aromatic hydroxyl groups is 1. The summed E-state index contributed by atoms with van der Waals surface area (Å²) in [5, 5.41) is 9.42. The van der Waals surface area contributed by atoms with E-state index in [1.54, 1.807) is 12.1 Å². The molecule has 0 amide bonds. The molecule has 2 aliphatic rings. The van der Waals surface area contributed by atoms with Crippen LogP contribution in [0.4, 0.5) is 0 Å². The molecule has 1 nitrogen and oxygen atoms in total. The van der Waals surface area contributed by atoms with Gasteiger partial charge in [0.2, 0.25) is 0 Å². The molecule has 0 bridgehead atoms. The van der Waals surface area contributed by atoms with Crippen molar-refractivity contribution < 1.29 is 5.11 Å². The summed E-state index contributed by atoms with van der Waals surface area (Å²) >= 11 is 0. The number of benzene rings is 1. The van der Waals surface area contributed by atoms with E-state index < -0.39 is 0 Å². The van der Waals surface area contributed by atoms with Gasteiger partial charge >= 0.3 is 0 Å². The van der Waals surface area contributed by atoms with E-state index in [0.29, 0.717) is 11.7 Å². The first kappa shape index (κ1) is 13.0. The maximum absolute atomic E-state index is 9.42. The molecule has 1 aromatic carbocycles. The minimum absolute atomic E-state index is 0.326. The molecule has 102 valence electrons. The molecule has 0 heterocycles. The second kappa shape index (κ2) is 5.16. The van der Waals surface area contributed by atoms with Crippen LogP contribution in [0.2, 0.25) is 0 Å². The van der Waals surface area contributed by atoms with Crippen LogP contribution in [0.25, 0.3) is 5.57 Å².